The van der Waals surface area contributed by atoms with Gasteiger partial charge in [-0.2, -0.15) is 0 Å². The predicted octanol–water partition coefficient (Wildman–Crippen LogP) is 4.16. The van der Waals surface area contributed by atoms with Gasteiger partial charge in [-0.15, -0.1) is 11.3 Å². The molecule has 2 N–H and O–H groups in total. The highest BCUT2D eigenvalue weighted by Crippen LogP contribution is 2.31. The standard InChI is InChI=1S/C28H23N5O3S/c1-17-29-12-14-32(17)15-13-30-27(36)24-25(35)20-10-11-21(19-8-6-18(16-34)7-9-19)31-26(20)33-22-4-2-3-5-23(22)37-28(24)33/h2-12,14,34H,13,15-16H2,1H3,(H,30,36). The number of para-hydroxylation sites is 1. The number of aromatic nitrogens is 4. The van der Waals surface area contributed by atoms with Gasteiger partial charge in [-0.05, 0) is 36.8 Å². The number of benzene rings is 2. The van der Waals surface area contributed by atoms with Gasteiger partial charge in [0.1, 0.15) is 21.9 Å². The van der Waals surface area contributed by atoms with Crippen LogP contribution in [0, 0.1) is 6.92 Å². The molecule has 0 bridgehead atoms. The van der Waals surface area contributed by atoms with E-state index in [9.17, 15) is 14.7 Å². The number of nitrogens with one attached hydrogen (secondary N) is 1. The van der Waals surface area contributed by atoms with Crippen LogP contribution >= 0.6 is 11.3 Å². The molecule has 0 saturated carbocycles. The summed E-state index contributed by atoms with van der Waals surface area (Å²) < 4.78 is 4.82. The largest absolute Gasteiger partial charge is 0.392 e. The minimum Gasteiger partial charge on any atom is -0.392 e. The maximum Gasteiger partial charge on any atom is 0.258 e. The first-order valence-corrected chi connectivity index (χ1v) is 12.7. The van der Waals surface area contributed by atoms with E-state index in [2.05, 4.69) is 10.3 Å². The minimum absolute atomic E-state index is 0.0326. The summed E-state index contributed by atoms with van der Waals surface area (Å²) in [4.78, 5) is 36.7. The Morgan fingerprint density at radius 1 is 1.08 bits per heavy atom. The number of fused-ring (bicyclic) bond motifs is 5. The van der Waals surface area contributed by atoms with Crippen LogP contribution in [0.5, 0.6) is 0 Å². The third kappa shape index (κ3) is 3.98. The Labute approximate surface area is 215 Å². The number of aryl methyl sites for hydroxylation is 1. The third-order valence-electron chi connectivity index (χ3n) is 6.51. The van der Waals surface area contributed by atoms with Crippen molar-refractivity contribution in [3.8, 4) is 11.3 Å². The van der Waals surface area contributed by atoms with Crippen molar-refractivity contribution in [2.75, 3.05) is 6.54 Å². The Hall–Kier alpha value is -4.34. The molecule has 4 heterocycles. The van der Waals surface area contributed by atoms with Crippen molar-refractivity contribution < 1.29 is 9.90 Å². The molecule has 0 spiro atoms. The quantitative estimate of drug-likeness (QED) is 0.351. The average Bonchev–Trinajstić information content (AvgIpc) is 3.51. The zero-order chi connectivity index (χ0) is 25.5. The number of hydrogen-bond acceptors (Lipinski definition) is 6. The number of hydrogen-bond donors (Lipinski definition) is 2. The lowest BCUT2D eigenvalue weighted by Gasteiger charge is -2.11. The lowest BCUT2D eigenvalue weighted by molar-refractivity contribution is 0.0953. The first kappa shape index (κ1) is 23.1. The summed E-state index contributed by atoms with van der Waals surface area (Å²) in [5.41, 5.74) is 3.56. The zero-order valence-electron chi connectivity index (χ0n) is 20.0. The van der Waals surface area contributed by atoms with Gasteiger partial charge in [0.15, 0.2) is 0 Å². The van der Waals surface area contributed by atoms with E-state index in [0.717, 1.165) is 27.2 Å². The van der Waals surface area contributed by atoms with E-state index in [1.54, 1.807) is 18.3 Å². The normalized spacial score (nSPS) is 11.5. The number of pyridine rings is 2. The minimum atomic E-state index is -0.405. The Morgan fingerprint density at radius 2 is 1.89 bits per heavy atom. The number of thiazole rings is 1. The van der Waals surface area contributed by atoms with Crippen LogP contribution in [-0.2, 0) is 13.2 Å². The van der Waals surface area contributed by atoms with Crippen LogP contribution in [0.15, 0.2) is 77.9 Å². The molecule has 0 aliphatic rings. The van der Waals surface area contributed by atoms with Crippen molar-refractivity contribution >= 4 is 43.3 Å². The number of aliphatic hydroxyl groups is 1. The van der Waals surface area contributed by atoms with Gasteiger partial charge in [0.2, 0.25) is 5.43 Å². The molecule has 0 unspecified atom stereocenters. The lowest BCUT2D eigenvalue weighted by atomic mass is 10.1. The molecule has 0 radical (unpaired) electrons. The Bertz CT molecular complexity index is 1850. The molecule has 6 aromatic rings. The highest BCUT2D eigenvalue weighted by atomic mass is 32.1. The fourth-order valence-electron chi connectivity index (χ4n) is 4.55. The van der Waals surface area contributed by atoms with Crippen LogP contribution in [0.25, 0.3) is 37.3 Å². The Kier molecular flexibility index (Phi) is 5.78. The lowest BCUT2D eigenvalue weighted by Crippen LogP contribution is -2.32. The number of imidazole rings is 1. The van der Waals surface area contributed by atoms with Crippen LogP contribution in [-0.4, -0.2) is 36.5 Å². The maximum absolute atomic E-state index is 13.7. The predicted molar refractivity (Wildman–Crippen MR) is 145 cm³/mol. The second-order valence-electron chi connectivity index (χ2n) is 8.76. The van der Waals surface area contributed by atoms with E-state index in [4.69, 9.17) is 4.98 Å². The molecule has 9 heteroatoms. The first-order valence-electron chi connectivity index (χ1n) is 11.9. The van der Waals surface area contributed by atoms with Gasteiger partial charge in [-0.3, -0.25) is 14.0 Å². The van der Waals surface area contributed by atoms with Crippen LogP contribution in [0.4, 0.5) is 0 Å². The van der Waals surface area contributed by atoms with Gasteiger partial charge in [0, 0.05) is 31.0 Å². The summed E-state index contributed by atoms with van der Waals surface area (Å²) in [6.45, 7) is 2.79. The zero-order valence-corrected chi connectivity index (χ0v) is 20.8. The summed E-state index contributed by atoms with van der Waals surface area (Å²) in [6, 6.07) is 18.8. The molecule has 184 valence electrons. The molecule has 2 aromatic carbocycles. The molecule has 37 heavy (non-hydrogen) atoms. The first-order chi connectivity index (χ1) is 18.0. The summed E-state index contributed by atoms with van der Waals surface area (Å²) in [6.07, 6.45) is 3.58. The van der Waals surface area contributed by atoms with Crippen molar-refractivity contribution in [3.63, 3.8) is 0 Å². The molecule has 0 saturated heterocycles. The van der Waals surface area contributed by atoms with Crippen molar-refractivity contribution in [1.82, 2.24) is 24.3 Å². The molecule has 6 rings (SSSR count). The van der Waals surface area contributed by atoms with Crippen LogP contribution in [0.2, 0.25) is 0 Å². The number of carbonyl (C=O) groups excluding carboxylic acids is 1. The van der Waals surface area contributed by atoms with Gasteiger partial charge >= 0.3 is 0 Å². The van der Waals surface area contributed by atoms with Gasteiger partial charge in [-0.1, -0.05) is 36.4 Å². The Balaban J connectivity index is 1.50. The molecule has 4 aromatic heterocycles. The molecule has 0 atom stereocenters. The van der Waals surface area contributed by atoms with Crippen LogP contribution in [0.3, 0.4) is 0 Å². The van der Waals surface area contributed by atoms with Crippen molar-refractivity contribution in [2.24, 2.45) is 0 Å². The average molecular weight is 510 g/mol. The SMILES string of the molecule is Cc1nccn1CCNC(=O)c1c(=O)c2ccc(-c3ccc(CO)cc3)nc2n2c1sc1ccccc12. The Morgan fingerprint density at radius 3 is 2.65 bits per heavy atom. The molecule has 0 aliphatic heterocycles. The molecule has 8 nitrogen and oxygen atoms in total. The smallest absolute Gasteiger partial charge is 0.258 e. The van der Waals surface area contributed by atoms with E-state index in [0.29, 0.717) is 34.6 Å². The highest BCUT2D eigenvalue weighted by molar-refractivity contribution is 7.24. The van der Waals surface area contributed by atoms with Gasteiger partial charge in [-0.25, -0.2) is 9.97 Å². The van der Waals surface area contributed by atoms with Crippen LogP contribution in [0.1, 0.15) is 21.7 Å². The van der Waals surface area contributed by atoms with Crippen molar-refractivity contribution in [1.29, 1.82) is 0 Å². The number of amides is 1. The van der Waals surface area contributed by atoms with Gasteiger partial charge < -0.3 is 15.0 Å². The molecular formula is C28H23N5O3S. The molecule has 0 fully saturated rings. The monoisotopic (exact) mass is 509 g/mol. The second-order valence-corrected chi connectivity index (χ2v) is 9.79. The second kappa shape index (κ2) is 9.27. The van der Waals surface area contributed by atoms with E-state index < -0.39 is 5.91 Å². The molecule has 0 aliphatic carbocycles. The fraction of sp³-hybridized carbons (Fsp3) is 0.143. The summed E-state index contributed by atoms with van der Waals surface area (Å²) in [5.74, 6) is 0.456. The maximum atomic E-state index is 13.7. The third-order valence-corrected chi connectivity index (χ3v) is 7.65. The van der Waals surface area contributed by atoms with E-state index in [1.807, 2.05) is 70.6 Å². The summed E-state index contributed by atoms with van der Waals surface area (Å²) in [5, 5.41) is 12.7. The molecular weight excluding hydrogens is 486 g/mol. The number of aliphatic hydroxyl groups excluding tert-OH is 1. The number of nitrogens with zero attached hydrogens (tertiary/aromatic N) is 4. The van der Waals surface area contributed by atoms with E-state index in [1.165, 1.54) is 11.3 Å². The van der Waals surface area contributed by atoms with Crippen molar-refractivity contribution in [2.45, 2.75) is 20.1 Å². The topological polar surface area (TPSA) is 102 Å². The number of rotatable bonds is 6. The highest BCUT2D eigenvalue weighted by Gasteiger charge is 2.22. The molecule has 1 amide bonds. The van der Waals surface area contributed by atoms with Crippen LogP contribution < -0.4 is 10.7 Å². The fourth-order valence-corrected chi connectivity index (χ4v) is 5.73. The van der Waals surface area contributed by atoms with E-state index >= 15 is 0 Å². The summed E-state index contributed by atoms with van der Waals surface area (Å²) >= 11 is 1.41. The van der Waals surface area contributed by atoms with Crippen molar-refractivity contribution in [3.05, 3.63) is 100 Å². The number of carbonyl (C=O) groups is 1. The van der Waals surface area contributed by atoms with E-state index in [-0.39, 0.29) is 17.6 Å². The van der Waals surface area contributed by atoms with Gasteiger partial charge in [0.05, 0.1) is 27.9 Å². The van der Waals surface area contributed by atoms with Gasteiger partial charge in [0.25, 0.3) is 5.91 Å². The summed E-state index contributed by atoms with van der Waals surface area (Å²) in [7, 11) is 0.